The number of aliphatic hydroxyl groups is 1. The Morgan fingerprint density at radius 3 is 2.74 bits per heavy atom. The highest BCUT2D eigenvalue weighted by atomic mass is 16.3. The van der Waals surface area contributed by atoms with Gasteiger partial charge in [-0.25, -0.2) is 9.97 Å². The molecule has 23 heavy (non-hydrogen) atoms. The Hall–Kier alpha value is -2.91. The molecule has 1 N–H and O–H groups in total. The van der Waals surface area contributed by atoms with E-state index in [0.29, 0.717) is 12.1 Å². The highest BCUT2D eigenvalue weighted by Gasteiger charge is 2.24. The number of imidazole rings is 1. The average molecular weight is 305 g/mol. The summed E-state index contributed by atoms with van der Waals surface area (Å²) in [6, 6.07) is 9.56. The van der Waals surface area contributed by atoms with Crippen LogP contribution in [0.15, 0.2) is 42.9 Å². The quantitative estimate of drug-likeness (QED) is 0.781. The standard InChI is InChI=1S/C17H15N5O/c18-9-12-1-3-13(4-2-12)15-10-20-17-16(19-6-8-22(15)17)21-7-5-14(23)11-21/h1-4,6,8,10,14,23H,5,7,11H2. The minimum absolute atomic E-state index is 0.301. The zero-order valence-corrected chi connectivity index (χ0v) is 12.4. The van der Waals surface area contributed by atoms with Crippen molar-refractivity contribution in [2.75, 3.05) is 18.0 Å². The first kappa shape index (κ1) is 13.7. The van der Waals surface area contributed by atoms with Crippen LogP contribution in [0.1, 0.15) is 12.0 Å². The largest absolute Gasteiger partial charge is 0.391 e. The van der Waals surface area contributed by atoms with E-state index in [0.717, 1.165) is 35.7 Å². The smallest absolute Gasteiger partial charge is 0.180 e. The van der Waals surface area contributed by atoms with Gasteiger partial charge < -0.3 is 10.0 Å². The third-order valence-electron chi connectivity index (χ3n) is 4.18. The summed E-state index contributed by atoms with van der Waals surface area (Å²) in [6.07, 6.45) is 5.90. The van der Waals surface area contributed by atoms with E-state index in [2.05, 4.69) is 20.9 Å². The summed E-state index contributed by atoms with van der Waals surface area (Å²) in [4.78, 5) is 11.0. The minimum Gasteiger partial charge on any atom is -0.391 e. The maximum Gasteiger partial charge on any atom is 0.180 e. The number of aliphatic hydroxyl groups excluding tert-OH is 1. The third-order valence-corrected chi connectivity index (χ3v) is 4.18. The topological polar surface area (TPSA) is 77.5 Å². The number of aromatic nitrogens is 3. The number of rotatable bonds is 2. The van der Waals surface area contributed by atoms with Crippen molar-refractivity contribution in [3.05, 3.63) is 48.4 Å². The van der Waals surface area contributed by atoms with Gasteiger partial charge in [-0.15, -0.1) is 0 Å². The molecule has 3 aromatic rings. The van der Waals surface area contributed by atoms with E-state index in [9.17, 15) is 5.11 Å². The van der Waals surface area contributed by atoms with Crippen molar-refractivity contribution in [1.29, 1.82) is 5.26 Å². The Morgan fingerprint density at radius 1 is 1.22 bits per heavy atom. The summed E-state index contributed by atoms with van der Waals surface area (Å²) in [6.45, 7) is 1.37. The van der Waals surface area contributed by atoms with Crippen LogP contribution in [0.2, 0.25) is 0 Å². The normalized spacial score (nSPS) is 17.6. The fourth-order valence-corrected chi connectivity index (χ4v) is 2.99. The average Bonchev–Trinajstić information content (AvgIpc) is 3.21. The van der Waals surface area contributed by atoms with E-state index >= 15 is 0 Å². The fourth-order valence-electron chi connectivity index (χ4n) is 2.99. The van der Waals surface area contributed by atoms with Gasteiger partial charge in [0.15, 0.2) is 11.5 Å². The van der Waals surface area contributed by atoms with E-state index < -0.39 is 0 Å². The zero-order chi connectivity index (χ0) is 15.8. The lowest BCUT2D eigenvalue weighted by Crippen LogP contribution is -2.23. The molecular formula is C17H15N5O. The number of anilines is 1. The Labute approximate surface area is 133 Å². The summed E-state index contributed by atoms with van der Waals surface area (Å²) in [5.74, 6) is 0.795. The van der Waals surface area contributed by atoms with Crippen LogP contribution in [0.4, 0.5) is 5.82 Å². The first-order valence-electron chi connectivity index (χ1n) is 7.52. The first-order chi connectivity index (χ1) is 11.3. The molecule has 1 aliphatic rings. The number of benzene rings is 1. The summed E-state index contributed by atoms with van der Waals surface area (Å²) >= 11 is 0. The van der Waals surface area contributed by atoms with Gasteiger partial charge in [0.25, 0.3) is 0 Å². The van der Waals surface area contributed by atoms with Crippen LogP contribution in [-0.2, 0) is 0 Å². The van der Waals surface area contributed by atoms with Crippen molar-refractivity contribution in [1.82, 2.24) is 14.4 Å². The maximum absolute atomic E-state index is 9.74. The summed E-state index contributed by atoms with van der Waals surface area (Å²) in [7, 11) is 0. The molecule has 6 heteroatoms. The molecule has 1 atom stereocenters. The van der Waals surface area contributed by atoms with Gasteiger partial charge in [-0.3, -0.25) is 4.40 Å². The molecule has 2 aromatic heterocycles. The van der Waals surface area contributed by atoms with Crippen LogP contribution in [0.25, 0.3) is 16.9 Å². The number of β-amino-alcohol motifs (C(OH)–C–C–N with tert-alkyl or cyclic N) is 1. The van der Waals surface area contributed by atoms with Gasteiger partial charge in [0, 0.05) is 31.0 Å². The molecule has 114 valence electrons. The third kappa shape index (κ3) is 2.31. The van der Waals surface area contributed by atoms with Crippen LogP contribution < -0.4 is 4.90 Å². The van der Waals surface area contributed by atoms with Gasteiger partial charge >= 0.3 is 0 Å². The highest BCUT2D eigenvalue weighted by molar-refractivity contribution is 5.71. The number of nitrogens with zero attached hydrogens (tertiary/aromatic N) is 5. The Morgan fingerprint density at radius 2 is 2.04 bits per heavy atom. The van der Waals surface area contributed by atoms with Crippen molar-refractivity contribution >= 4 is 11.5 Å². The molecule has 1 aliphatic heterocycles. The van der Waals surface area contributed by atoms with Gasteiger partial charge in [0.1, 0.15) is 0 Å². The van der Waals surface area contributed by atoms with Crippen LogP contribution >= 0.6 is 0 Å². The molecule has 1 unspecified atom stereocenters. The number of nitriles is 1. The Balaban J connectivity index is 1.79. The molecule has 1 fully saturated rings. The van der Waals surface area contributed by atoms with Crippen LogP contribution in [0.3, 0.4) is 0 Å². The van der Waals surface area contributed by atoms with Crippen LogP contribution in [0, 0.1) is 11.3 Å². The predicted molar refractivity (Wildman–Crippen MR) is 86.0 cm³/mol. The number of hydrogen-bond donors (Lipinski definition) is 1. The van der Waals surface area contributed by atoms with E-state index in [4.69, 9.17) is 5.26 Å². The lowest BCUT2D eigenvalue weighted by atomic mass is 10.1. The molecular weight excluding hydrogens is 290 g/mol. The van der Waals surface area contributed by atoms with E-state index in [1.807, 2.05) is 28.9 Å². The van der Waals surface area contributed by atoms with Gasteiger partial charge in [-0.2, -0.15) is 5.26 Å². The second kappa shape index (κ2) is 5.38. The van der Waals surface area contributed by atoms with Gasteiger partial charge in [0.05, 0.1) is 29.6 Å². The highest BCUT2D eigenvalue weighted by Crippen LogP contribution is 2.27. The van der Waals surface area contributed by atoms with Crippen LogP contribution in [0.5, 0.6) is 0 Å². The fraction of sp³-hybridized carbons (Fsp3) is 0.235. The molecule has 4 rings (SSSR count). The molecule has 1 aromatic carbocycles. The summed E-state index contributed by atoms with van der Waals surface area (Å²) < 4.78 is 1.99. The Bertz CT molecular complexity index is 893. The molecule has 0 spiro atoms. The van der Waals surface area contributed by atoms with E-state index in [1.54, 1.807) is 18.3 Å². The first-order valence-corrected chi connectivity index (χ1v) is 7.52. The van der Waals surface area contributed by atoms with Gasteiger partial charge in [-0.05, 0) is 18.6 Å². The molecule has 0 radical (unpaired) electrons. The molecule has 0 saturated carbocycles. The van der Waals surface area contributed by atoms with Crippen molar-refractivity contribution in [2.45, 2.75) is 12.5 Å². The van der Waals surface area contributed by atoms with Crippen molar-refractivity contribution in [2.24, 2.45) is 0 Å². The molecule has 0 aliphatic carbocycles. The van der Waals surface area contributed by atoms with Crippen molar-refractivity contribution in [3.63, 3.8) is 0 Å². The van der Waals surface area contributed by atoms with Gasteiger partial charge in [-0.1, -0.05) is 12.1 Å². The molecule has 6 nitrogen and oxygen atoms in total. The second-order valence-electron chi connectivity index (χ2n) is 5.67. The lowest BCUT2D eigenvalue weighted by Gasteiger charge is -2.17. The SMILES string of the molecule is N#Cc1ccc(-c2cnc3c(N4CCC(O)C4)nccn23)cc1. The predicted octanol–water partition coefficient (Wildman–Crippen LogP) is 1.84. The second-order valence-corrected chi connectivity index (χ2v) is 5.67. The van der Waals surface area contributed by atoms with E-state index in [-0.39, 0.29) is 6.10 Å². The minimum atomic E-state index is -0.301. The molecule has 3 heterocycles. The molecule has 0 bridgehead atoms. The Kier molecular flexibility index (Phi) is 3.21. The number of fused-ring (bicyclic) bond motifs is 1. The monoisotopic (exact) mass is 305 g/mol. The summed E-state index contributed by atoms with van der Waals surface area (Å²) in [5.41, 5.74) is 3.36. The zero-order valence-electron chi connectivity index (χ0n) is 12.4. The van der Waals surface area contributed by atoms with Gasteiger partial charge in [0.2, 0.25) is 0 Å². The van der Waals surface area contributed by atoms with Crippen molar-refractivity contribution < 1.29 is 5.11 Å². The molecule has 0 amide bonds. The van der Waals surface area contributed by atoms with Crippen LogP contribution in [-0.4, -0.2) is 38.7 Å². The maximum atomic E-state index is 9.74. The summed E-state index contributed by atoms with van der Waals surface area (Å²) in [5, 5.41) is 18.7. The van der Waals surface area contributed by atoms with E-state index in [1.165, 1.54) is 0 Å². The lowest BCUT2D eigenvalue weighted by molar-refractivity contribution is 0.198. The number of hydrogen-bond acceptors (Lipinski definition) is 5. The van der Waals surface area contributed by atoms with Crippen molar-refractivity contribution in [3.8, 4) is 17.3 Å². The molecule has 1 saturated heterocycles.